The molecule has 1 atom stereocenters. The van der Waals surface area contributed by atoms with Gasteiger partial charge in [-0.15, -0.1) is 12.4 Å². The molecule has 9 heteroatoms. The van der Waals surface area contributed by atoms with Crippen LogP contribution < -0.4 is 10.6 Å². The van der Waals surface area contributed by atoms with Crippen LogP contribution in [0.4, 0.5) is 9.18 Å². The lowest BCUT2D eigenvalue weighted by molar-refractivity contribution is 0.0696. The molecule has 2 amide bonds. The van der Waals surface area contributed by atoms with Crippen molar-refractivity contribution in [1.82, 2.24) is 20.5 Å². The highest BCUT2D eigenvalue weighted by molar-refractivity contribution is 5.87. The van der Waals surface area contributed by atoms with E-state index in [0.717, 1.165) is 5.56 Å². The molecule has 0 bridgehead atoms. The van der Waals surface area contributed by atoms with Gasteiger partial charge in [0.25, 0.3) is 0 Å². The number of carbonyl (C=O) groups is 2. The Bertz CT molecular complexity index is 786. The molecule has 1 aromatic heterocycles. The molecule has 3 rings (SSSR count). The average molecular weight is 395 g/mol. The van der Waals surface area contributed by atoms with E-state index in [0.29, 0.717) is 25.3 Å². The zero-order valence-electron chi connectivity index (χ0n) is 14.4. The average Bonchev–Trinajstić information content (AvgIpc) is 2.67. The number of urea groups is 1. The van der Waals surface area contributed by atoms with Crippen molar-refractivity contribution in [3.63, 3.8) is 0 Å². The summed E-state index contributed by atoms with van der Waals surface area (Å²) < 4.78 is 13.1. The van der Waals surface area contributed by atoms with E-state index >= 15 is 0 Å². The number of aromatic nitrogens is 1. The van der Waals surface area contributed by atoms with Crippen molar-refractivity contribution in [1.29, 1.82) is 0 Å². The van der Waals surface area contributed by atoms with Gasteiger partial charge in [-0.25, -0.2) is 14.0 Å². The first-order chi connectivity index (χ1) is 12.5. The number of carboxylic acids is 1. The fraction of sp³-hybridized carbons (Fsp3) is 0.278. The molecule has 3 N–H and O–H groups in total. The molecule has 0 spiro atoms. The molecular formula is C18H20ClFN4O3. The number of piperazine rings is 1. The third-order valence-corrected chi connectivity index (χ3v) is 4.25. The van der Waals surface area contributed by atoms with Crippen LogP contribution in [-0.4, -0.2) is 46.6 Å². The fourth-order valence-electron chi connectivity index (χ4n) is 2.85. The van der Waals surface area contributed by atoms with Gasteiger partial charge >= 0.3 is 12.0 Å². The van der Waals surface area contributed by atoms with Crippen molar-refractivity contribution in [2.24, 2.45) is 0 Å². The highest BCUT2D eigenvalue weighted by atomic mass is 35.5. The summed E-state index contributed by atoms with van der Waals surface area (Å²) in [6.45, 7) is 1.99. The SMILES string of the molecule is Cl.O=C(O)c1ccc(CNC(=O)N2CCNCC2c2ccc(F)cc2)nc1. The minimum Gasteiger partial charge on any atom is -0.478 e. The molecule has 1 aliphatic rings. The Morgan fingerprint density at radius 3 is 2.63 bits per heavy atom. The maximum atomic E-state index is 13.1. The molecule has 144 valence electrons. The zero-order chi connectivity index (χ0) is 18.5. The van der Waals surface area contributed by atoms with Gasteiger partial charge in [0.2, 0.25) is 0 Å². The summed E-state index contributed by atoms with van der Waals surface area (Å²) in [5.74, 6) is -1.36. The van der Waals surface area contributed by atoms with E-state index in [4.69, 9.17) is 5.11 Å². The predicted molar refractivity (Wildman–Crippen MR) is 99.4 cm³/mol. The number of hydrogen-bond acceptors (Lipinski definition) is 4. The molecule has 1 fully saturated rings. The number of halogens is 2. The van der Waals surface area contributed by atoms with Crippen molar-refractivity contribution >= 4 is 24.4 Å². The van der Waals surface area contributed by atoms with E-state index < -0.39 is 5.97 Å². The summed E-state index contributed by atoms with van der Waals surface area (Å²) in [5, 5.41) is 14.9. The van der Waals surface area contributed by atoms with Crippen molar-refractivity contribution in [3.05, 3.63) is 65.2 Å². The molecule has 1 aliphatic heterocycles. The molecule has 2 heterocycles. The Morgan fingerprint density at radius 2 is 2.00 bits per heavy atom. The van der Waals surface area contributed by atoms with Gasteiger partial charge in [0.05, 0.1) is 23.8 Å². The van der Waals surface area contributed by atoms with Crippen LogP contribution in [0.3, 0.4) is 0 Å². The Hall–Kier alpha value is -2.71. The highest BCUT2D eigenvalue weighted by Crippen LogP contribution is 2.22. The molecule has 1 aromatic carbocycles. The number of carboxylic acid groups (broad SMARTS) is 1. The lowest BCUT2D eigenvalue weighted by Gasteiger charge is -2.36. The van der Waals surface area contributed by atoms with E-state index in [1.807, 2.05) is 0 Å². The molecule has 7 nitrogen and oxygen atoms in total. The molecular weight excluding hydrogens is 375 g/mol. The minimum absolute atomic E-state index is 0. The summed E-state index contributed by atoms with van der Waals surface area (Å²) in [4.78, 5) is 29.2. The monoisotopic (exact) mass is 394 g/mol. The summed E-state index contributed by atoms with van der Waals surface area (Å²) in [6, 6.07) is 8.71. The molecule has 27 heavy (non-hydrogen) atoms. The number of rotatable bonds is 4. The number of amides is 2. The quantitative estimate of drug-likeness (QED) is 0.739. The Balaban J connectivity index is 0.00000261. The maximum Gasteiger partial charge on any atom is 0.337 e. The van der Waals surface area contributed by atoms with Gasteiger partial charge in [-0.2, -0.15) is 0 Å². The van der Waals surface area contributed by atoms with Crippen LogP contribution in [0.15, 0.2) is 42.6 Å². The van der Waals surface area contributed by atoms with Crippen LogP contribution in [0.5, 0.6) is 0 Å². The minimum atomic E-state index is -1.05. The summed E-state index contributed by atoms with van der Waals surface area (Å²) >= 11 is 0. The van der Waals surface area contributed by atoms with Crippen LogP contribution in [0.1, 0.15) is 27.7 Å². The number of benzene rings is 1. The van der Waals surface area contributed by atoms with Crippen LogP contribution >= 0.6 is 12.4 Å². The smallest absolute Gasteiger partial charge is 0.337 e. The van der Waals surface area contributed by atoms with Gasteiger partial charge in [-0.05, 0) is 29.8 Å². The van der Waals surface area contributed by atoms with Crippen molar-refractivity contribution in [2.45, 2.75) is 12.6 Å². The second-order valence-electron chi connectivity index (χ2n) is 5.97. The summed E-state index contributed by atoms with van der Waals surface area (Å²) in [6.07, 6.45) is 1.26. The van der Waals surface area contributed by atoms with Crippen LogP contribution in [0.2, 0.25) is 0 Å². The topological polar surface area (TPSA) is 94.6 Å². The standard InChI is InChI=1S/C18H19FN4O3.ClH/c19-14-4-1-12(2-5-14)16-11-20-7-8-23(16)18(26)22-10-15-6-3-13(9-21-15)17(24)25;/h1-6,9,16,20H,7-8,10-11H2,(H,22,26)(H,24,25);1H. The van der Waals surface area contributed by atoms with Gasteiger partial charge in [0, 0.05) is 25.8 Å². The number of hydrogen-bond donors (Lipinski definition) is 3. The van der Waals surface area contributed by atoms with Crippen LogP contribution in [-0.2, 0) is 6.54 Å². The van der Waals surface area contributed by atoms with Gasteiger partial charge in [0.1, 0.15) is 5.82 Å². The summed E-state index contributed by atoms with van der Waals surface area (Å²) in [7, 11) is 0. The molecule has 0 aliphatic carbocycles. The number of pyridine rings is 1. The van der Waals surface area contributed by atoms with E-state index in [2.05, 4.69) is 15.6 Å². The zero-order valence-corrected chi connectivity index (χ0v) is 15.2. The van der Waals surface area contributed by atoms with E-state index in [1.54, 1.807) is 23.1 Å². The van der Waals surface area contributed by atoms with Gasteiger partial charge < -0.3 is 20.6 Å². The highest BCUT2D eigenvalue weighted by Gasteiger charge is 2.27. The predicted octanol–water partition coefficient (Wildman–Crippen LogP) is 2.20. The van der Waals surface area contributed by atoms with E-state index in [-0.39, 0.29) is 42.4 Å². The normalized spacial score (nSPS) is 16.3. The van der Waals surface area contributed by atoms with Crippen molar-refractivity contribution in [2.75, 3.05) is 19.6 Å². The largest absolute Gasteiger partial charge is 0.478 e. The van der Waals surface area contributed by atoms with Crippen molar-refractivity contribution in [3.8, 4) is 0 Å². The summed E-state index contributed by atoms with van der Waals surface area (Å²) in [5.41, 5.74) is 1.52. The van der Waals surface area contributed by atoms with Gasteiger partial charge in [0.15, 0.2) is 0 Å². The molecule has 0 radical (unpaired) electrons. The second-order valence-corrected chi connectivity index (χ2v) is 5.97. The first-order valence-electron chi connectivity index (χ1n) is 8.23. The molecule has 2 aromatic rings. The lowest BCUT2D eigenvalue weighted by Crippen LogP contribution is -2.51. The first-order valence-corrected chi connectivity index (χ1v) is 8.23. The maximum absolute atomic E-state index is 13.1. The number of carbonyl (C=O) groups excluding carboxylic acids is 1. The van der Waals surface area contributed by atoms with E-state index in [9.17, 15) is 14.0 Å². The molecule has 1 saturated heterocycles. The Labute approximate surface area is 162 Å². The Morgan fingerprint density at radius 1 is 1.26 bits per heavy atom. The fourth-order valence-corrected chi connectivity index (χ4v) is 2.85. The van der Waals surface area contributed by atoms with Crippen molar-refractivity contribution < 1.29 is 19.1 Å². The molecule has 0 saturated carbocycles. The first kappa shape index (κ1) is 20.6. The van der Waals surface area contributed by atoms with Gasteiger partial charge in [-0.1, -0.05) is 12.1 Å². The third kappa shape index (κ3) is 5.15. The van der Waals surface area contributed by atoms with E-state index in [1.165, 1.54) is 24.4 Å². The lowest BCUT2D eigenvalue weighted by atomic mass is 10.0. The number of aromatic carboxylic acids is 1. The second kappa shape index (κ2) is 9.29. The molecule has 1 unspecified atom stereocenters. The Kier molecular flexibility index (Phi) is 7.09. The third-order valence-electron chi connectivity index (χ3n) is 4.25. The number of nitrogens with one attached hydrogen (secondary N) is 2. The number of nitrogens with zero attached hydrogens (tertiary/aromatic N) is 2. The van der Waals surface area contributed by atoms with Crippen LogP contribution in [0, 0.1) is 5.82 Å². The van der Waals surface area contributed by atoms with Gasteiger partial charge in [-0.3, -0.25) is 4.98 Å². The van der Waals surface area contributed by atoms with Crippen LogP contribution in [0.25, 0.3) is 0 Å².